The predicted molar refractivity (Wildman–Crippen MR) is 88.5 cm³/mol. The molecule has 0 fully saturated rings. The predicted octanol–water partition coefficient (Wildman–Crippen LogP) is 4.43. The maximum Gasteiger partial charge on any atom is 0.166 e. The van der Waals surface area contributed by atoms with Crippen LogP contribution in [-0.4, -0.2) is 8.07 Å². The van der Waals surface area contributed by atoms with Crippen LogP contribution in [0.25, 0.3) is 0 Å². The van der Waals surface area contributed by atoms with E-state index in [9.17, 15) is 0 Å². The Morgan fingerprint density at radius 3 is 1.75 bits per heavy atom. The molecule has 0 saturated heterocycles. The lowest BCUT2D eigenvalue weighted by Crippen LogP contribution is -2.58. The molecule has 0 saturated carbocycles. The second-order valence-electron chi connectivity index (χ2n) is 6.37. The zero-order chi connectivity index (χ0) is 13.6. The van der Waals surface area contributed by atoms with Gasteiger partial charge in [-0.1, -0.05) is 63.6 Å². The number of hydrogen-bond acceptors (Lipinski definition) is 0. The van der Waals surface area contributed by atoms with Crippen LogP contribution in [0.2, 0.25) is 0 Å². The lowest BCUT2D eigenvalue weighted by atomic mass is 10.1. The topological polar surface area (TPSA) is 0 Å². The fourth-order valence-electron chi connectivity index (χ4n) is 4.66. The van der Waals surface area contributed by atoms with Gasteiger partial charge in [0.2, 0.25) is 0 Å². The number of benzene rings is 1. The van der Waals surface area contributed by atoms with Gasteiger partial charge in [0.05, 0.1) is 0 Å². The van der Waals surface area contributed by atoms with Crippen LogP contribution in [0.3, 0.4) is 0 Å². The summed E-state index contributed by atoms with van der Waals surface area (Å²) < 4.78 is 0. The van der Waals surface area contributed by atoms with Crippen LogP contribution in [0.1, 0.15) is 44.1 Å². The molecule has 3 aliphatic heterocycles. The largest absolute Gasteiger partial charge is 0.166 e. The molecular formula is C19H22Si. The Bertz CT molecular complexity index is 590. The first kappa shape index (κ1) is 12.4. The zero-order valence-corrected chi connectivity index (χ0v) is 13.3. The molecule has 0 aromatic heterocycles. The van der Waals surface area contributed by atoms with Gasteiger partial charge in [-0.05, 0) is 50.6 Å². The molecule has 1 aromatic rings. The molecular weight excluding hydrogens is 256 g/mol. The van der Waals surface area contributed by atoms with Gasteiger partial charge >= 0.3 is 0 Å². The van der Waals surface area contributed by atoms with E-state index in [1.165, 1.54) is 44.1 Å². The number of rotatable bonds is 1. The van der Waals surface area contributed by atoms with E-state index >= 15 is 0 Å². The fourth-order valence-corrected chi connectivity index (χ4v) is 10.9. The molecule has 0 nitrogen and oxygen atoms in total. The van der Waals surface area contributed by atoms with Crippen molar-refractivity contribution in [3.63, 3.8) is 0 Å². The highest BCUT2D eigenvalue weighted by atomic mass is 28.3. The maximum atomic E-state index is 2.61. The van der Waals surface area contributed by atoms with Gasteiger partial charge in [-0.15, -0.1) is 0 Å². The molecule has 4 rings (SSSR count). The van der Waals surface area contributed by atoms with Crippen LogP contribution in [0.5, 0.6) is 0 Å². The summed E-state index contributed by atoms with van der Waals surface area (Å²) in [6, 6.07) is 9.19. The molecule has 1 aromatic carbocycles. The Kier molecular flexibility index (Phi) is 2.85. The molecule has 3 heterocycles. The zero-order valence-electron chi connectivity index (χ0n) is 12.3. The fraction of sp³-hybridized carbons (Fsp3) is 0.368. The minimum absolute atomic E-state index is 1.27. The van der Waals surface area contributed by atoms with Crippen LogP contribution in [-0.2, 0) is 0 Å². The first-order valence-electron chi connectivity index (χ1n) is 7.98. The van der Waals surface area contributed by atoms with Crippen molar-refractivity contribution < 1.29 is 0 Å². The molecule has 0 spiro atoms. The molecule has 20 heavy (non-hydrogen) atoms. The third kappa shape index (κ3) is 1.53. The van der Waals surface area contributed by atoms with E-state index in [0.717, 1.165) is 0 Å². The molecule has 0 atom stereocenters. The first-order chi connectivity index (χ1) is 9.83. The van der Waals surface area contributed by atoms with Crippen LogP contribution in [0.4, 0.5) is 0 Å². The van der Waals surface area contributed by atoms with Crippen LogP contribution in [0.15, 0.2) is 58.1 Å². The molecule has 0 unspecified atom stereocenters. The Morgan fingerprint density at radius 2 is 1.25 bits per heavy atom. The van der Waals surface area contributed by atoms with Crippen molar-refractivity contribution in [2.24, 2.45) is 0 Å². The molecule has 0 radical (unpaired) electrons. The van der Waals surface area contributed by atoms with Gasteiger partial charge in [0.1, 0.15) is 0 Å². The summed E-state index contributed by atoms with van der Waals surface area (Å²) in [7, 11) is -1.68. The van der Waals surface area contributed by atoms with E-state index in [1.807, 2.05) is 15.6 Å². The van der Waals surface area contributed by atoms with Crippen LogP contribution >= 0.6 is 0 Å². The quantitative estimate of drug-likeness (QED) is 0.667. The van der Waals surface area contributed by atoms with Gasteiger partial charge in [0, 0.05) is 0 Å². The third-order valence-corrected chi connectivity index (χ3v) is 11.0. The Morgan fingerprint density at radius 1 is 0.750 bits per heavy atom. The van der Waals surface area contributed by atoms with Crippen LogP contribution < -0.4 is 5.19 Å². The maximum absolute atomic E-state index is 2.61. The smallest absolute Gasteiger partial charge is 0.0879 e. The van der Waals surface area contributed by atoms with Crippen molar-refractivity contribution >= 4 is 13.3 Å². The van der Waals surface area contributed by atoms with Crippen molar-refractivity contribution in [1.82, 2.24) is 0 Å². The summed E-state index contributed by atoms with van der Waals surface area (Å²) in [6.07, 6.45) is 15.6. The van der Waals surface area contributed by atoms with Crippen LogP contribution in [0, 0.1) is 6.92 Å². The monoisotopic (exact) mass is 278 g/mol. The minimum atomic E-state index is -1.68. The molecule has 102 valence electrons. The molecule has 0 bridgehead atoms. The Hall–Kier alpha value is -1.34. The second kappa shape index (κ2) is 4.59. The Balaban J connectivity index is 2.06. The summed E-state index contributed by atoms with van der Waals surface area (Å²) in [5.74, 6) is 0. The average molecular weight is 278 g/mol. The second-order valence-corrected chi connectivity index (χ2v) is 10.3. The number of hydrogen-bond donors (Lipinski definition) is 0. The van der Waals surface area contributed by atoms with Crippen molar-refractivity contribution in [2.75, 3.05) is 0 Å². The van der Waals surface area contributed by atoms with Gasteiger partial charge in [0.25, 0.3) is 0 Å². The van der Waals surface area contributed by atoms with Gasteiger partial charge in [0.15, 0.2) is 8.07 Å². The first-order valence-corrected chi connectivity index (χ1v) is 9.98. The molecule has 3 aliphatic rings. The summed E-state index contributed by atoms with van der Waals surface area (Å²) in [5, 5.41) is 7.15. The van der Waals surface area contributed by atoms with Crippen molar-refractivity contribution in [2.45, 2.75) is 45.4 Å². The van der Waals surface area contributed by atoms with E-state index < -0.39 is 8.07 Å². The van der Waals surface area contributed by atoms with Gasteiger partial charge in [-0.25, -0.2) is 0 Å². The van der Waals surface area contributed by atoms with E-state index in [2.05, 4.69) is 49.4 Å². The molecule has 1 heteroatoms. The Labute approximate surface area is 122 Å². The standard InChI is InChI=1S/C19H22Si/c1-15-7-2-3-14-19(15)20-16-8-4-9-17(20)11-6-13-18(20)12-5-10-16/h2-3,7-8,11-12,14H,4-6,9-10,13H2,1H3. The highest BCUT2D eigenvalue weighted by Gasteiger charge is 2.49. The van der Waals surface area contributed by atoms with E-state index in [-0.39, 0.29) is 0 Å². The normalized spacial score (nSPS) is 23.4. The summed E-state index contributed by atoms with van der Waals surface area (Å²) in [6.45, 7) is 2.31. The number of aryl methyl sites for hydroxylation is 1. The SMILES string of the molecule is Cc1ccccc1[Si]12C3=CCCC1=CCCC2=CCC3. The lowest BCUT2D eigenvalue weighted by Gasteiger charge is -2.47. The lowest BCUT2D eigenvalue weighted by molar-refractivity contribution is 0.865. The van der Waals surface area contributed by atoms with Gasteiger partial charge < -0.3 is 0 Å². The van der Waals surface area contributed by atoms with Gasteiger partial charge in [-0.2, -0.15) is 0 Å². The highest BCUT2D eigenvalue weighted by molar-refractivity contribution is 7.08. The van der Waals surface area contributed by atoms with E-state index in [4.69, 9.17) is 0 Å². The molecule has 0 aliphatic carbocycles. The van der Waals surface area contributed by atoms with E-state index in [1.54, 1.807) is 5.19 Å². The summed E-state index contributed by atoms with van der Waals surface area (Å²) in [5.41, 5.74) is 1.51. The van der Waals surface area contributed by atoms with Crippen molar-refractivity contribution in [3.8, 4) is 0 Å². The number of allylic oxidation sites excluding steroid dienone is 6. The van der Waals surface area contributed by atoms with Crippen molar-refractivity contribution in [1.29, 1.82) is 0 Å². The minimum Gasteiger partial charge on any atom is -0.0879 e. The summed E-state index contributed by atoms with van der Waals surface area (Å²) >= 11 is 0. The van der Waals surface area contributed by atoms with E-state index in [0.29, 0.717) is 0 Å². The third-order valence-electron chi connectivity index (χ3n) is 5.41. The van der Waals surface area contributed by atoms with Gasteiger partial charge in [-0.3, -0.25) is 0 Å². The molecule has 0 amide bonds. The van der Waals surface area contributed by atoms with Crippen molar-refractivity contribution in [3.05, 3.63) is 63.6 Å². The summed E-state index contributed by atoms with van der Waals surface area (Å²) in [4.78, 5) is 0. The highest BCUT2D eigenvalue weighted by Crippen LogP contribution is 2.46. The molecule has 0 N–H and O–H groups in total. The average Bonchev–Trinajstić information content (AvgIpc) is 2.48.